The maximum absolute atomic E-state index is 10.4. The third-order valence-electron chi connectivity index (χ3n) is 1.47. The zero-order valence-corrected chi connectivity index (χ0v) is 6.78. The summed E-state index contributed by atoms with van der Waals surface area (Å²) in [6, 6.07) is 1.71. The van der Waals surface area contributed by atoms with Gasteiger partial charge in [-0.2, -0.15) is 0 Å². The van der Waals surface area contributed by atoms with Gasteiger partial charge in [-0.3, -0.25) is 4.79 Å². The molecule has 0 fully saturated rings. The standard InChI is InChI=1S/C9H9NO2/c1-3-7-4-9(12-2)8(6-11)10-5-7/h3-6H,1H2,2H3. The first-order valence-electron chi connectivity index (χ1n) is 3.43. The lowest BCUT2D eigenvalue weighted by Crippen LogP contribution is -1.94. The highest BCUT2D eigenvalue weighted by molar-refractivity contribution is 5.76. The Morgan fingerprint density at radius 3 is 2.92 bits per heavy atom. The number of methoxy groups -OCH3 is 1. The lowest BCUT2D eigenvalue weighted by atomic mass is 10.2. The van der Waals surface area contributed by atoms with Crippen molar-refractivity contribution in [3.05, 3.63) is 30.1 Å². The van der Waals surface area contributed by atoms with Gasteiger partial charge in [0.1, 0.15) is 11.4 Å². The molecule has 0 aliphatic heterocycles. The third kappa shape index (κ3) is 1.50. The number of aldehydes is 1. The van der Waals surface area contributed by atoms with Crippen molar-refractivity contribution in [1.82, 2.24) is 4.98 Å². The minimum Gasteiger partial charge on any atom is -0.494 e. The molecule has 3 nitrogen and oxygen atoms in total. The predicted octanol–water partition coefficient (Wildman–Crippen LogP) is 1.55. The fourth-order valence-corrected chi connectivity index (χ4v) is 0.834. The molecular formula is C9H9NO2. The molecule has 0 aliphatic rings. The molecule has 1 aromatic heterocycles. The second kappa shape index (κ2) is 3.67. The van der Waals surface area contributed by atoms with Crippen molar-refractivity contribution in [2.24, 2.45) is 0 Å². The van der Waals surface area contributed by atoms with Crippen molar-refractivity contribution in [1.29, 1.82) is 0 Å². The van der Waals surface area contributed by atoms with Gasteiger partial charge in [0.2, 0.25) is 0 Å². The Bertz CT molecular complexity index is 307. The van der Waals surface area contributed by atoms with Crippen molar-refractivity contribution in [3.63, 3.8) is 0 Å². The number of rotatable bonds is 3. The summed E-state index contributed by atoms with van der Waals surface area (Å²) >= 11 is 0. The van der Waals surface area contributed by atoms with Crippen LogP contribution in [0.3, 0.4) is 0 Å². The van der Waals surface area contributed by atoms with E-state index in [9.17, 15) is 4.79 Å². The number of ether oxygens (including phenoxy) is 1. The average molecular weight is 163 g/mol. The topological polar surface area (TPSA) is 39.2 Å². The van der Waals surface area contributed by atoms with Crippen molar-refractivity contribution < 1.29 is 9.53 Å². The fraction of sp³-hybridized carbons (Fsp3) is 0.111. The molecule has 0 amide bonds. The molecule has 0 aromatic carbocycles. The molecule has 0 aliphatic carbocycles. The number of carbonyl (C=O) groups excluding carboxylic acids is 1. The quantitative estimate of drug-likeness (QED) is 0.634. The van der Waals surface area contributed by atoms with E-state index in [2.05, 4.69) is 11.6 Å². The highest BCUT2D eigenvalue weighted by Crippen LogP contribution is 2.15. The summed E-state index contributed by atoms with van der Waals surface area (Å²) in [6.45, 7) is 3.58. The highest BCUT2D eigenvalue weighted by Gasteiger charge is 2.02. The second-order valence-electron chi connectivity index (χ2n) is 2.18. The van der Waals surface area contributed by atoms with Crippen LogP contribution in [0.25, 0.3) is 6.08 Å². The van der Waals surface area contributed by atoms with Crippen molar-refractivity contribution in [2.75, 3.05) is 7.11 Å². The van der Waals surface area contributed by atoms with Gasteiger partial charge < -0.3 is 4.74 Å². The van der Waals surface area contributed by atoms with Gasteiger partial charge in [-0.25, -0.2) is 4.98 Å². The first-order chi connectivity index (χ1) is 5.81. The smallest absolute Gasteiger partial charge is 0.172 e. The number of hydrogen-bond acceptors (Lipinski definition) is 3. The summed E-state index contributed by atoms with van der Waals surface area (Å²) in [5.74, 6) is 0.474. The van der Waals surface area contributed by atoms with Gasteiger partial charge in [0, 0.05) is 6.20 Å². The molecule has 1 heterocycles. The van der Waals surface area contributed by atoms with Crippen molar-refractivity contribution in [2.45, 2.75) is 0 Å². The Morgan fingerprint density at radius 2 is 2.42 bits per heavy atom. The Morgan fingerprint density at radius 1 is 1.67 bits per heavy atom. The van der Waals surface area contributed by atoms with Crippen LogP contribution >= 0.6 is 0 Å². The van der Waals surface area contributed by atoms with E-state index in [-0.39, 0.29) is 0 Å². The average Bonchev–Trinajstić information content (AvgIpc) is 2.16. The molecule has 0 unspecified atom stereocenters. The monoisotopic (exact) mass is 163 g/mol. The van der Waals surface area contributed by atoms with Crippen LogP contribution in [-0.4, -0.2) is 18.4 Å². The minimum atomic E-state index is 0.308. The van der Waals surface area contributed by atoms with E-state index in [1.165, 1.54) is 7.11 Å². The SMILES string of the molecule is C=Cc1cnc(C=O)c(OC)c1. The third-order valence-corrected chi connectivity index (χ3v) is 1.47. The van der Waals surface area contributed by atoms with E-state index >= 15 is 0 Å². The molecule has 12 heavy (non-hydrogen) atoms. The van der Waals surface area contributed by atoms with E-state index < -0.39 is 0 Å². The minimum absolute atomic E-state index is 0.308. The number of hydrogen-bond donors (Lipinski definition) is 0. The Balaban J connectivity index is 3.18. The second-order valence-corrected chi connectivity index (χ2v) is 2.18. The van der Waals surface area contributed by atoms with Crippen LogP contribution in [0, 0.1) is 0 Å². The lowest BCUT2D eigenvalue weighted by molar-refractivity contribution is 0.111. The van der Waals surface area contributed by atoms with Gasteiger partial charge in [0.05, 0.1) is 7.11 Å². The van der Waals surface area contributed by atoms with Crippen molar-refractivity contribution in [3.8, 4) is 5.75 Å². The van der Waals surface area contributed by atoms with E-state index in [1.807, 2.05) is 0 Å². The molecule has 0 spiro atoms. The molecule has 0 saturated carbocycles. The summed E-state index contributed by atoms with van der Waals surface area (Å²) in [4.78, 5) is 14.3. The molecule has 62 valence electrons. The first-order valence-corrected chi connectivity index (χ1v) is 3.43. The van der Waals surface area contributed by atoms with Gasteiger partial charge in [-0.15, -0.1) is 0 Å². The van der Waals surface area contributed by atoms with Gasteiger partial charge in [-0.05, 0) is 11.6 Å². The molecule has 0 radical (unpaired) electrons. The summed E-state index contributed by atoms with van der Waals surface area (Å²) in [5.41, 5.74) is 1.14. The lowest BCUT2D eigenvalue weighted by Gasteiger charge is -2.02. The number of carbonyl (C=O) groups is 1. The van der Waals surface area contributed by atoms with Gasteiger partial charge in [0.15, 0.2) is 6.29 Å². The number of pyridine rings is 1. The molecule has 0 N–H and O–H groups in total. The zero-order valence-electron chi connectivity index (χ0n) is 6.78. The molecule has 1 aromatic rings. The van der Waals surface area contributed by atoms with E-state index in [0.29, 0.717) is 17.7 Å². The normalized spacial score (nSPS) is 9.08. The van der Waals surface area contributed by atoms with Gasteiger partial charge >= 0.3 is 0 Å². The Hall–Kier alpha value is -1.64. The maximum Gasteiger partial charge on any atom is 0.172 e. The Kier molecular flexibility index (Phi) is 2.58. The highest BCUT2D eigenvalue weighted by atomic mass is 16.5. The number of nitrogens with zero attached hydrogens (tertiary/aromatic N) is 1. The van der Waals surface area contributed by atoms with Crippen LogP contribution in [0.2, 0.25) is 0 Å². The van der Waals surface area contributed by atoms with E-state index in [0.717, 1.165) is 5.56 Å². The van der Waals surface area contributed by atoms with E-state index in [1.54, 1.807) is 18.3 Å². The molecule has 3 heteroatoms. The van der Waals surface area contributed by atoms with Crippen LogP contribution in [0.1, 0.15) is 16.1 Å². The zero-order chi connectivity index (χ0) is 8.97. The molecule has 0 bridgehead atoms. The largest absolute Gasteiger partial charge is 0.494 e. The summed E-state index contributed by atoms with van der Waals surface area (Å²) in [6.07, 6.45) is 3.87. The predicted molar refractivity (Wildman–Crippen MR) is 46.3 cm³/mol. The van der Waals surface area contributed by atoms with Gasteiger partial charge in [0.25, 0.3) is 0 Å². The fourth-order valence-electron chi connectivity index (χ4n) is 0.834. The number of aromatic nitrogens is 1. The summed E-state index contributed by atoms with van der Waals surface area (Å²) in [7, 11) is 1.50. The van der Waals surface area contributed by atoms with Crippen LogP contribution in [0.15, 0.2) is 18.8 Å². The molecule has 1 rings (SSSR count). The van der Waals surface area contributed by atoms with Gasteiger partial charge in [-0.1, -0.05) is 12.7 Å². The van der Waals surface area contributed by atoms with Crippen LogP contribution < -0.4 is 4.74 Å². The molecule has 0 atom stereocenters. The first kappa shape index (κ1) is 8.46. The van der Waals surface area contributed by atoms with Crippen LogP contribution in [0.5, 0.6) is 5.75 Å². The van der Waals surface area contributed by atoms with Crippen LogP contribution in [-0.2, 0) is 0 Å². The summed E-state index contributed by atoms with van der Waals surface area (Å²) in [5, 5.41) is 0. The maximum atomic E-state index is 10.4. The van der Waals surface area contributed by atoms with E-state index in [4.69, 9.17) is 4.74 Å². The van der Waals surface area contributed by atoms with Crippen molar-refractivity contribution >= 4 is 12.4 Å². The molecule has 0 saturated heterocycles. The Labute approximate surface area is 70.7 Å². The summed E-state index contributed by atoms with van der Waals surface area (Å²) < 4.78 is 4.94. The van der Waals surface area contributed by atoms with Crippen LogP contribution in [0.4, 0.5) is 0 Å². The molecular weight excluding hydrogens is 154 g/mol.